The predicted octanol–water partition coefficient (Wildman–Crippen LogP) is 3.35. The summed E-state index contributed by atoms with van der Waals surface area (Å²) in [6.45, 7) is 7.11. The van der Waals surface area contributed by atoms with Gasteiger partial charge in [-0.2, -0.15) is 0 Å². The highest BCUT2D eigenvalue weighted by molar-refractivity contribution is 7.99. The van der Waals surface area contributed by atoms with Gasteiger partial charge in [0.1, 0.15) is 5.75 Å². The molecule has 1 aromatic heterocycles. The van der Waals surface area contributed by atoms with Gasteiger partial charge in [-0.1, -0.05) is 61.2 Å². The summed E-state index contributed by atoms with van der Waals surface area (Å²) in [7, 11) is 0. The zero-order valence-corrected chi connectivity index (χ0v) is 20.6. The maximum Gasteiger partial charge on any atom is 0.261 e. The van der Waals surface area contributed by atoms with Crippen molar-refractivity contribution in [1.29, 1.82) is 0 Å². The van der Waals surface area contributed by atoms with Crippen molar-refractivity contribution in [2.75, 3.05) is 5.75 Å². The summed E-state index contributed by atoms with van der Waals surface area (Å²) >= 11 is 1.32. The second-order valence-electron chi connectivity index (χ2n) is 7.67. The monoisotopic (exact) mass is 481 g/mol. The minimum atomic E-state index is -0.646. The molecule has 1 atom stereocenters. The Hall–Kier alpha value is -3.33. The van der Waals surface area contributed by atoms with Crippen molar-refractivity contribution >= 4 is 23.6 Å². The third kappa shape index (κ3) is 7.34. The zero-order valence-electron chi connectivity index (χ0n) is 19.8. The van der Waals surface area contributed by atoms with Crippen LogP contribution < -0.4 is 15.4 Å². The van der Waals surface area contributed by atoms with Gasteiger partial charge in [0.05, 0.1) is 12.3 Å². The molecule has 0 aliphatic rings. The second-order valence-corrected chi connectivity index (χ2v) is 8.61. The molecule has 34 heavy (non-hydrogen) atoms. The van der Waals surface area contributed by atoms with Crippen molar-refractivity contribution in [2.24, 2.45) is 0 Å². The Labute approximate surface area is 204 Å². The van der Waals surface area contributed by atoms with Gasteiger partial charge < -0.3 is 19.9 Å². The summed E-state index contributed by atoms with van der Waals surface area (Å²) in [5.74, 6) is 1.20. The largest absolute Gasteiger partial charge is 0.481 e. The summed E-state index contributed by atoms with van der Waals surface area (Å²) in [6.07, 6.45) is 0.306. The molecule has 2 aromatic carbocycles. The first kappa shape index (κ1) is 25.3. The van der Waals surface area contributed by atoms with Crippen LogP contribution >= 0.6 is 11.8 Å². The number of nitrogens with one attached hydrogen (secondary N) is 2. The van der Waals surface area contributed by atoms with Crippen molar-refractivity contribution in [3.8, 4) is 5.75 Å². The van der Waals surface area contributed by atoms with Crippen LogP contribution in [0, 0.1) is 0 Å². The van der Waals surface area contributed by atoms with Gasteiger partial charge >= 0.3 is 0 Å². The molecule has 9 heteroatoms. The van der Waals surface area contributed by atoms with Crippen LogP contribution in [-0.4, -0.2) is 38.4 Å². The molecule has 180 valence electrons. The summed E-state index contributed by atoms with van der Waals surface area (Å²) in [6, 6.07) is 17.5. The Morgan fingerprint density at radius 3 is 2.38 bits per heavy atom. The van der Waals surface area contributed by atoms with E-state index < -0.39 is 6.10 Å². The van der Waals surface area contributed by atoms with E-state index in [9.17, 15) is 9.59 Å². The van der Waals surface area contributed by atoms with Crippen LogP contribution in [0.3, 0.4) is 0 Å². The number of rotatable bonds is 12. The fourth-order valence-electron chi connectivity index (χ4n) is 3.22. The van der Waals surface area contributed by atoms with E-state index in [-0.39, 0.29) is 24.1 Å². The molecule has 0 saturated heterocycles. The number of amides is 2. The van der Waals surface area contributed by atoms with Gasteiger partial charge in [0.2, 0.25) is 5.91 Å². The fourth-order valence-corrected chi connectivity index (χ4v) is 4.07. The van der Waals surface area contributed by atoms with Crippen LogP contribution in [0.25, 0.3) is 0 Å². The molecular weight excluding hydrogens is 450 g/mol. The number of nitrogens with zero attached hydrogens (tertiary/aromatic N) is 3. The molecule has 0 spiro atoms. The molecule has 0 fully saturated rings. The molecule has 0 bridgehead atoms. The standard InChI is InChI=1S/C25H31N5O3S/c1-4-19-11-13-21(14-12-19)33-18(3)24(32)27-16-22-28-29-25(30(22)5-2)34-17-23(31)26-15-20-9-7-6-8-10-20/h6-14,18H,4-5,15-17H2,1-3H3,(H,26,31)(H,27,32)/t18-/m1/s1. The molecule has 2 amide bonds. The average molecular weight is 482 g/mol. The normalized spacial score (nSPS) is 11.6. The Bertz CT molecular complexity index is 1070. The van der Waals surface area contributed by atoms with Crippen molar-refractivity contribution < 1.29 is 14.3 Å². The van der Waals surface area contributed by atoms with Crippen molar-refractivity contribution in [3.05, 3.63) is 71.5 Å². The number of thioether (sulfide) groups is 1. The van der Waals surface area contributed by atoms with E-state index in [1.54, 1.807) is 6.92 Å². The predicted molar refractivity (Wildman–Crippen MR) is 132 cm³/mol. The van der Waals surface area contributed by atoms with Crippen LogP contribution in [0.2, 0.25) is 0 Å². The van der Waals surface area contributed by atoms with E-state index in [1.165, 1.54) is 17.3 Å². The molecule has 0 unspecified atom stereocenters. The van der Waals surface area contributed by atoms with Crippen LogP contribution in [-0.2, 0) is 35.6 Å². The lowest BCUT2D eigenvalue weighted by Crippen LogP contribution is -2.36. The van der Waals surface area contributed by atoms with Crippen LogP contribution in [0.5, 0.6) is 5.75 Å². The SMILES string of the molecule is CCc1ccc(O[C@H](C)C(=O)NCc2nnc(SCC(=O)NCc3ccccc3)n2CC)cc1. The van der Waals surface area contributed by atoms with Gasteiger partial charge in [-0.15, -0.1) is 10.2 Å². The Morgan fingerprint density at radius 1 is 0.971 bits per heavy atom. The average Bonchev–Trinajstić information content (AvgIpc) is 3.27. The fraction of sp³-hybridized carbons (Fsp3) is 0.360. The van der Waals surface area contributed by atoms with E-state index in [1.807, 2.05) is 66.1 Å². The number of hydrogen-bond acceptors (Lipinski definition) is 6. The molecule has 2 N–H and O–H groups in total. The Balaban J connectivity index is 1.47. The Kier molecular flexibility index (Phi) is 9.51. The molecular formula is C25H31N5O3S. The highest BCUT2D eigenvalue weighted by Crippen LogP contribution is 2.17. The molecule has 0 aliphatic carbocycles. The summed E-state index contributed by atoms with van der Waals surface area (Å²) < 4.78 is 7.64. The van der Waals surface area contributed by atoms with Gasteiger partial charge in [0.15, 0.2) is 17.1 Å². The van der Waals surface area contributed by atoms with Crippen molar-refractivity contribution in [3.63, 3.8) is 0 Å². The number of carbonyl (C=O) groups excluding carboxylic acids is 2. The highest BCUT2D eigenvalue weighted by atomic mass is 32.2. The van der Waals surface area contributed by atoms with E-state index in [4.69, 9.17) is 4.74 Å². The van der Waals surface area contributed by atoms with Crippen LogP contribution in [0.15, 0.2) is 59.8 Å². The maximum absolute atomic E-state index is 12.5. The van der Waals surface area contributed by atoms with Gasteiger partial charge in [0, 0.05) is 13.1 Å². The minimum Gasteiger partial charge on any atom is -0.481 e. The van der Waals surface area contributed by atoms with Crippen molar-refractivity contribution in [2.45, 2.75) is 58.1 Å². The quantitative estimate of drug-likeness (QED) is 0.385. The summed E-state index contributed by atoms with van der Waals surface area (Å²) in [4.78, 5) is 24.7. The van der Waals surface area contributed by atoms with Gasteiger partial charge in [-0.25, -0.2) is 0 Å². The number of benzene rings is 2. The second kappa shape index (κ2) is 12.8. The lowest BCUT2D eigenvalue weighted by Gasteiger charge is -2.15. The lowest BCUT2D eigenvalue weighted by molar-refractivity contribution is -0.127. The van der Waals surface area contributed by atoms with Crippen molar-refractivity contribution in [1.82, 2.24) is 25.4 Å². The first-order valence-corrected chi connectivity index (χ1v) is 12.4. The molecule has 3 aromatic rings. The summed E-state index contributed by atoms with van der Waals surface area (Å²) in [5, 5.41) is 14.8. The number of aromatic nitrogens is 3. The zero-order chi connectivity index (χ0) is 24.3. The Morgan fingerprint density at radius 2 is 1.71 bits per heavy atom. The smallest absolute Gasteiger partial charge is 0.261 e. The third-order valence-corrected chi connectivity index (χ3v) is 6.18. The van der Waals surface area contributed by atoms with Gasteiger partial charge in [0.25, 0.3) is 5.91 Å². The summed E-state index contributed by atoms with van der Waals surface area (Å²) in [5.41, 5.74) is 2.26. The lowest BCUT2D eigenvalue weighted by atomic mass is 10.2. The van der Waals surface area contributed by atoms with E-state index >= 15 is 0 Å². The number of aryl methyl sites for hydroxylation is 1. The number of ether oxygens (including phenoxy) is 1. The van der Waals surface area contributed by atoms with E-state index in [2.05, 4.69) is 27.8 Å². The highest BCUT2D eigenvalue weighted by Gasteiger charge is 2.17. The number of carbonyl (C=O) groups is 2. The molecule has 1 heterocycles. The molecule has 0 saturated carbocycles. The first-order valence-electron chi connectivity index (χ1n) is 11.4. The van der Waals surface area contributed by atoms with Gasteiger partial charge in [-0.05, 0) is 43.5 Å². The topological polar surface area (TPSA) is 98.1 Å². The molecule has 8 nitrogen and oxygen atoms in total. The molecule has 0 radical (unpaired) electrons. The first-order chi connectivity index (χ1) is 16.5. The molecule has 0 aliphatic heterocycles. The van der Waals surface area contributed by atoms with Crippen LogP contribution in [0.4, 0.5) is 0 Å². The number of hydrogen-bond donors (Lipinski definition) is 2. The third-order valence-electron chi connectivity index (χ3n) is 5.21. The van der Waals surface area contributed by atoms with E-state index in [0.29, 0.717) is 29.8 Å². The van der Waals surface area contributed by atoms with E-state index in [0.717, 1.165) is 12.0 Å². The molecule has 3 rings (SSSR count). The van der Waals surface area contributed by atoms with Crippen LogP contribution in [0.1, 0.15) is 37.7 Å². The van der Waals surface area contributed by atoms with Gasteiger partial charge in [-0.3, -0.25) is 9.59 Å². The minimum absolute atomic E-state index is 0.0766. The maximum atomic E-state index is 12.5.